The molecule has 6 nitrogen and oxygen atoms in total. The van der Waals surface area contributed by atoms with Gasteiger partial charge in [0.2, 0.25) is 11.8 Å². The van der Waals surface area contributed by atoms with Crippen LogP contribution >= 0.6 is 22.9 Å². The van der Waals surface area contributed by atoms with E-state index < -0.39 is 0 Å². The molecule has 2 aromatic carbocycles. The number of anilines is 1. The number of rotatable bonds is 9. The minimum absolute atomic E-state index is 0.0547. The van der Waals surface area contributed by atoms with Crippen LogP contribution in [-0.2, 0) is 20.7 Å². The van der Waals surface area contributed by atoms with Gasteiger partial charge in [0.1, 0.15) is 5.01 Å². The lowest BCUT2D eigenvalue weighted by Crippen LogP contribution is -2.40. The van der Waals surface area contributed by atoms with Crippen molar-refractivity contribution in [2.75, 3.05) is 32.1 Å². The Hall–Kier alpha value is -2.74. The summed E-state index contributed by atoms with van der Waals surface area (Å²) < 4.78 is 5.13. The number of ether oxygens (including phenoxy) is 1. The molecule has 32 heavy (non-hydrogen) atoms. The van der Waals surface area contributed by atoms with E-state index in [1.165, 1.54) is 16.2 Å². The van der Waals surface area contributed by atoms with Crippen molar-refractivity contribution in [2.45, 2.75) is 20.3 Å². The molecule has 3 rings (SSSR count). The van der Waals surface area contributed by atoms with Gasteiger partial charge in [-0.05, 0) is 43.2 Å². The van der Waals surface area contributed by atoms with E-state index >= 15 is 0 Å². The molecule has 0 fully saturated rings. The van der Waals surface area contributed by atoms with E-state index in [4.69, 9.17) is 16.3 Å². The standard InChI is InChI=1S/C24H26ClN3O3S/c1-16-6-4-9-21(17(16)2)27-22(29)14-28(10-11-31-3)23(30)13-20-15-32-24(26-20)18-7-5-8-19(25)12-18/h4-9,12,15H,10-11,13-14H2,1-3H3,(H,27,29). The molecule has 0 saturated carbocycles. The van der Waals surface area contributed by atoms with E-state index in [0.717, 1.165) is 27.4 Å². The average molecular weight is 472 g/mol. The van der Waals surface area contributed by atoms with E-state index in [1.54, 1.807) is 13.2 Å². The van der Waals surface area contributed by atoms with Crippen LogP contribution < -0.4 is 5.32 Å². The van der Waals surface area contributed by atoms with Gasteiger partial charge < -0.3 is 15.0 Å². The fraction of sp³-hybridized carbons (Fsp3) is 0.292. The number of nitrogens with one attached hydrogen (secondary N) is 1. The quantitative estimate of drug-likeness (QED) is 0.489. The molecule has 1 aromatic heterocycles. The summed E-state index contributed by atoms with van der Waals surface area (Å²) >= 11 is 7.52. The topological polar surface area (TPSA) is 71.5 Å². The monoisotopic (exact) mass is 471 g/mol. The number of aromatic nitrogens is 1. The molecule has 168 valence electrons. The molecule has 0 atom stereocenters. The van der Waals surface area contributed by atoms with Crippen LogP contribution in [0.1, 0.15) is 16.8 Å². The maximum atomic E-state index is 13.0. The number of benzene rings is 2. The number of halogens is 1. The van der Waals surface area contributed by atoms with Gasteiger partial charge >= 0.3 is 0 Å². The van der Waals surface area contributed by atoms with E-state index in [9.17, 15) is 9.59 Å². The fourth-order valence-electron chi connectivity index (χ4n) is 3.15. The molecule has 0 radical (unpaired) electrons. The minimum Gasteiger partial charge on any atom is -0.383 e. The molecule has 0 spiro atoms. The largest absolute Gasteiger partial charge is 0.383 e. The molecule has 0 aliphatic heterocycles. The second kappa shape index (κ2) is 11.2. The Bertz CT molecular complexity index is 1100. The summed E-state index contributed by atoms with van der Waals surface area (Å²) in [5.74, 6) is -0.429. The van der Waals surface area contributed by atoms with Crippen molar-refractivity contribution in [1.82, 2.24) is 9.88 Å². The molecular weight excluding hydrogens is 446 g/mol. The zero-order valence-corrected chi connectivity index (χ0v) is 19.9. The van der Waals surface area contributed by atoms with Crippen molar-refractivity contribution >= 4 is 40.4 Å². The normalized spacial score (nSPS) is 10.8. The number of hydrogen-bond acceptors (Lipinski definition) is 5. The van der Waals surface area contributed by atoms with Gasteiger partial charge in [-0.25, -0.2) is 4.98 Å². The molecule has 1 heterocycles. The van der Waals surface area contributed by atoms with E-state index in [1.807, 2.05) is 55.6 Å². The SMILES string of the molecule is COCCN(CC(=O)Nc1cccc(C)c1C)C(=O)Cc1csc(-c2cccc(Cl)c2)n1. The van der Waals surface area contributed by atoms with Crippen molar-refractivity contribution < 1.29 is 14.3 Å². The van der Waals surface area contributed by atoms with Crippen molar-refractivity contribution in [3.05, 3.63) is 69.7 Å². The Balaban J connectivity index is 1.67. The van der Waals surface area contributed by atoms with Crippen LogP contribution in [0.2, 0.25) is 5.02 Å². The van der Waals surface area contributed by atoms with Gasteiger partial charge in [0.05, 0.1) is 25.3 Å². The average Bonchev–Trinajstić information content (AvgIpc) is 3.23. The first-order chi connectivity index (χ1) is 15.4. The predicted octanol–water partition coefficient (Wildman–Crippen LogP) is 4.74. The number of nitrogens with zero attached hydrogens (tertiary/aromatic N) is 2. The number of thiazole rings is 1. The lowest BCUT2D eigenvalue weighted by atomic mass is 10.1. The van der Waals surface area contributed by atoms with Crippen molar-refractivity contribution in [3.63, 3.8) is 0 Å². The number of aryl methyl sites for hydroxylation is 1. The number of amides is 2. The summed E-state index contributed by atoms with van der Waals surface area (Å²) in [6.45, 7) is 4.55. The highest BCUT2D eigenvalue weighted by atomic mass is 35.5. The molecule has 2 amide bonds. The van der Waals surface area contributed by atoms with Gasteiger partial charge in [-0.3, -0.25) is 9.59 Å². The van der Waals surface area contributed by atoms with Gasteiger partial charge in [-0.1, -0.05) is 35.9 Å². The first kappa shape index (κ1) is 23.9. The van der Waals surface area contributed by atoms with Gasteiger partial charge in [-0.2, -0.15) is 0 Å². The number of hydrogen-bond donors (Lipinski definition) is 1. The summed E-state index contributed by atoms with van der Waals surface area (Å²) in [6, 6.07) is 13.2. The highest BCUT2D eigenvalue weighted by molar-refractivity contribution is 7.13. The van der Waals surface area contributed by atoms with Crippen LogP contribution in [0.3, 0.4) is 0 Å². The summed E-state index contributed by atoms with van der Waals surface area (Å²) in [5.41, 5.74) is 4.42. The molecule has 0 aliphatic carbocycles. The van der Waals surface area contributed by atoms with Crippen LogP contribution in [0.25, 0.3) is 10.6 Å². The Morgan fingerprint density at radius 2 is 1.97 bits per heavy atom. The van der Waals surface area contributed by atoms with Gasteiger partial charge in [0.25, 0.3) is 0 Å². The zero-order chi connectivity index (χ0) is 23.1. The number of carbonyl (C=O) groups is 2. The molecule has 0 saturated heterocycles. The highest BCUT2D eigenvalue weighted by Crippen LogP contribution is 2.26. The van der Waals surface area contributed by atoms with Gasteiger partial charge in [-0.15, -0.1) is 11.3 Å². The summed E-state index contributed by atoms with van der Waals surface area (Å²) in [4.78, 5) is 31.7. The maximum absolute atomic E-state index is 13.0. The van der Waals surface area contributed by atoms with E-state index in [-0.39, 0.29) is 24.8 Å². The van der Waals surface area contributed by atoms with E-state index in [0.29, 0.717) is 23.9 Å². The summed E-state index contributed by atoms with van der Waals surface area (Å²) in [6.07, 6.45) is 0.109. The third-order valence-electron chi connectivity index (χ3n) is 5.09. The molecule has 3 aromatic rings. The fourth-order valence-corrected chi connectivity index (χ4v) is 4.16. The third-order valence-corrected chi connectivity index (χ3v) is 6.26. The molecule has 0 aliphatic rings. The van der Waals surface area contributed by atoms with Crippen LogP contribution in [0.15, 0.2) is 47.8 Å². The third kappa shape index (κ3) is 6.38. The van der Waals surface area contributed by atoms with Crippen molar-refractivity contribution in [3.8, 4) is 10.6 Å². The second-order valence-corrected chi connectivity index (χ2v) is 8.73. The molecule has 0 unspecified atom stereocenters. The summed E-state index contributed by atoms with van der Waals surface area (Å²) in [7, 11) is 1.57. The van der Waals surface area contributed by atoms with Crippen LogP contribution in [0.4, 0.5) is 5.69 Å². The lowest BCUT2D eigenvalue weighted by Gasteiger charge is -2.22. The second-order valence-electron chi connectivity index (χ2n) is 7.43. The van der Waals surface area contributed by atoms with Crippen molar-refractivity contribution in [2.24, 2.45) is 0 Å². The number of methoxy groups -OCH3 is 1. The smallest absolute Gasteiger partial charge is 0.244 e. The number of carbonyl (C=O) groups excluding carboxylic acids is 2. The summed E-state index contributed by atoms with van der Waals surface area (Å²) in [5, 5.41) is 6.20. The van der Waals surface area contributed by atoms with Gasteiger partial charge in [0, 0.05) is 35.3 Å². The highest BCUT2D eigenvalue weighted by Gasteiger charge is 2.19. The van der Waals surface area contributed by atoms with Crippen LogP contribution in [0.5, 0.6) is 0 Å². The maximum Gasteiger partial charge on any atom is 0.244 e. The molecular formula is C24H26ClN3O3S. The first-order valence-corrected chi connectivity index (χ1v) is 11.5. The lowest BCUT2D eigenvalue weighted by molar-refractivity contribution is -0.134. The van der Waals surface area contributed by atoms with Crippen LogP contribution in [-0.4, -0.2) is 48.5 Å². The first-order valence-electron chi connectivity index (χ1n) is 10.2. The van der Waals surface area contributed by atoms with E-state index in [2.05, 4.69) is 10.3 Å². The minimum atomic E-state index is -0.249. The zero-order valence-electron chi connectivity index (χ0n) is 18.4. The molecule has 1 N–H and O–H groups in total. The molecule has 0 bridgehead atoms. The van der Waals surface area contributed by atoms with Crippen LogP contribution in [0, 0.1) is 13.8 Å². The Morgan fingerprint density at radius 3 is 2.72 bits per heavy atom. The Morgan fingerprint density at radius 1 is 1.19 bits per heavy atom. The van der Waals surface area contributed by atoms with Crippen molar-refractivity contribution in [1.29, 1.82) is 0 Å². The predicted molar refractivity (Wildman–Crippen MR) is 129 cm³/mol. The Labute approximate surface area is 197 Å². The Kier molecular flexibility index (Phi) is 8.39. The molecule has 8 heteroatoms. The van der Waals surface area contributed by atoms with Gasteiger partial charge in [0.15, 0.2) is 0 Å².